The zero-order chi connectivity index (χ0) is 11.7. The van der Waals surface area contributed by atoms with Crippen molar-refractivity contribution in [2.45, 2.75) is 6.54 Å². The van der Waals surface area contributed by atoms with Crippen molar-refractivity contribution >= 4 is 5.65 Å². The van der Waals surface area contributed by atoms with Crippen LogP contribution in [0.25, 0.3) is 16.9 Å². The zero-order valence-electron chi connectivity index (χ0n) is 9.11. The van der Waals surface area contributed by atoms with E-state index in [0.29, 0.717) is 6.54 Å². The molecule has 0 unspecified atom stereocenters. The van der Waals surface area contributed by atoms with Crippen molar-refractivity contribution < 1.29 is 0 Å². The lowest BCUT2D eigenvalue weighted by Gasteiger charge is -1.94. The minimum absolute atomic E-state index is 0.344. The van der Waals surface area contributed by atoms with E-state index in [1.54, 1.807) is 4.52 Å². The Bertz CT molecular complexity index is 685. The molecule has 0 amide bonds. The highest BCUT2D eigenvalue weighted by atomic mass is 15.3. The number of imidazole rings is 1. The molecule has 3 rings (SSSR count). The van der Waals surface area contributed by atoms with E-state index in [-0.39, 0.29) is 0 Å². The van der Waals surface area contributed by atoms with Crippen LogP contribution in [0.3, 0.4) is 0 Å². The van der Waals surface area contributed by atoms with Crippen LogP contribution in [0.4, 0.5) is 0 Å². The van der Waals surface area contributed by atoms with Crippen molar-refractivity contribution in [3.05, 3.63) is 48.8 Å². The molecule has 0 N–H and O–H groups in total. The molecular weight excluding hydrogens is 212 g/mol. The quantitative estimate of drug-likeness (QED) is 0.668. The Kier molecular flexibility index (Phi) is 2.16. The van der Waals surface area contributed by atoms with Gasteiger partial charge in [-0.2, -0.15) is 10.4 Å². The largest absolute Gasteiger partial charge is 0.318 e. The van der Waals surface area contributed by atoms with Crippen molar-refractivity contribution in [2.75, 3.05) is 0 Å². The highest BCUT2D eigenvalue weighted by molar-refractivity contribution is 5.64. The summed E-state index contributed by atoms with van der Waals surface area (Å²) in [5, 5.41) is 13.2. The summed E-state index contributed by atoms with van der Waals surface area (Å²) in [5.74, 6) is 0. The third-order valence-corrected chi connectivity index (χ3v) is 2.71. The molecule has 0 aliphatic rings. The maximum atomic E-state index is 8.72. The third kappa shape index (κ3) is 1.58. The van der Waals surface area contributed by atoms with Gasteiger partial charge in [0.2, 0.25) is 0 Å². The molecule has 0 aliphatic heterocycles. The first kappa shape index (κ1) is 9.67. The Morgan fingerprint density at radius 2 is 2.00 bits per heavy atom. The van der Waals surface area contributed by atoms with Gasteiger partial charge in [-0.1, -0.05) is 30.3 Å². The Morgan fingerprint density at radius 3 is 2.76 bits per heavy atom. The summed E-state index contributed by atoms with van der Waals surface area (Å²) in [5.41, 5.74) is 2.94. The number of rotatable bonds is 2. The van der Waals surface area contributed by atoms with Crippen LogP contribution in [0, 0.1) is 11.3 Å². The van der Waals surface area contributed by atoms with E-state index in [0.717, 1.165) is 16.9 Å². The Balaban J connectivity index is 2.12. The molecule has 17 heavy (non-hydrogen) atoms. The summed E-state index contributed by atoms with van der Waals surface area (Å²) in [4.78, 5) is 0. The van der Waals surface area contributed by atoms with Crippen molar-refractivity contribution in [3.63, 3.8) is 0 Å². The summed E-state index contributed by atoms with van der Waals surface area (Å²) >= 11 is 0. The molecular formula is C13H10N4. The number of nitrogens with zero attached hydrogens (tertiary/aromatic N) is 4. The first-order valence-electron chi connectivity index (χ1n) is 5.35. The van der Waals surface area contributed by atoms with Crippen molar-refractivity contribution in [1.29, 1.82) is 5.26 Å². The number of fused-ring (bicyclic) bond motifs is 1. The van der Waals surface area contributed by atoms with Crippen LogP contribution in [0.5, 0.6) is 0 Å². The van der Waals surface area contributed by atoms with Gasteiger partial charge < -0.3 is 4.57 Å². The maximum Gasteiger partial charge on any atom is 0.137 e. The summed E-state index contributed by atoms with van der Waals surface area (Å²) in [6, 6.07) is 14.1. The molecule has 0 saturated carbocycles. The lowest BCUT2D eigenvalue weighted by Crippen LogP contribution is -1.92. The van der Waals surface area contributed by atoms with Crippen LogP contribution in [-0.4, -0.2) is 14.2 Å². The second kappa shape index (κ2) is 3.80. The van der Waals surface area contributed by atoms with Crippen LogP contribution in [0.15, 0.2) is 48.8 Å². The zero-order valence-corrected chi connectivity index (χ0v) is 9.11. The van der Waals surface area contributed by atoms with Crippen molar-refractivity contribution in [3.8, 4) is 17.3 Å². The molecule has 4 heteroatoms. The number of nitriles is 1. The topological polar surface area (TPSA) is 46.0 Å². The van der Waals surface area contributed by atoms with Crippen LogP contribution in [0.2, 0.25) is 0 Å². The molecule has 0 spiro atoms. The Morgan fingerprint density at radius 1 is 1.18 bits per heavy atom. The molecule has 0 saturated heterocycles. The smallest absolute Gasteiger partial charge is 0.137 e. The fraction of sp³-hybridized carbons (Fsp3) is 0.0769. The van der Waals surface area contributed by atoms with Gasteiger partial charge in [-0.15, -0.1) is 0 Å². The molecule has 0 aliphatic carbocycles. The third-order valence-electron chi connectivity index (χ3n) is 2.71. The lowest BCUT2D eigenvalue weighted by atomic mass is 10.2. The highest BCUT2D eigenvalue weighted by Crippen LogP contribution is 2.19. The van der Waals surface area contributed by atoms with Crippen LogP contribution >= 0.6 is 0 Å². The predicted octanol–water partition coefficient (Wildman–Crippen LogP) is 2.33. The van der Waals surface area contributed by atoms with E-state index in [1.165, 1.54) is 0 Å². The van der Waals surface area contributed by atoms with Crippen LogP contribution in [0.1, 0.15) is 0 Å². The van der Waals surface area contributed by atoms with Gasteiger partial charge in [-0.05, 0) is 0 Å². The second-order valence-electron chi connectivity index (χ2n) is 3.78. The monoisotopic (exact) mass is 222 g/mol. The summed E-state index contributed by atoms with van der Waals surface area (Å²) in [6.07, 6.45) is 3.72. The van der Waals surface area contributed by atoms with Gasteiger partial charge >= 0.3 is 0 Å². The summed E-state index contributed by atoms with van der Waals surface area (Å²) in [7, 11) is 0. The minimum atomic E-state index is 0.344. The van der Waals surface area contributed by atoms with Gasteiger partial charge in [-0.3, -0.25) is 0 Å². The molecule has 2 heterocycles. The maximum absolute atomic E-state index is 8.72. The molecule has 1 aromatic carbocycles. The lowest BCUT2D eigenvalue weighted by molar-refractivity contribution is 0.859. The molecule has 3 aromatic rings. The number of hydrogen-bond donors (Lipinski definition) is 0. The fourth-order valence-electron chi connectivity index (χ4n) is 1.89. The van der Waals surface area contributed by atoms with E-state index in [9.17, 15) is 0 Å². The number of hydrogen-bond acceptors (Lipinski definition) is 2. The minimum Gasteiger partial charge on any atom is -0.318 e. The molecule has 82 valence electrons. The first-order valence-corrected chi connectivity index (χ1v) is 5.35. The van der Waals surface area contributed by atoms with E-state index < -0.39 is 0 Å². The normalized spacial score (nSPS) is 10.5. The molecule has 0 bridgehead atoms. The second-order valence-corrected chi connectivity index (χ2v) is 3.78. The summed E-state index contributed by atoms with van der Waals surface area (Å²) < 4.78 is 3.67. The van der Waals surface area contributed by atoms with Gasteiger partial charge in [0.25, 0.3) is 0 Å². The SMILES string of the molecule is N#CCn1ccn2nc(-c3ccccc3)cc12. The number of aromatic nitrogens is 3. The van der Waals surface area contributed by atoms with Crippen molar-refractivity contribution in [1.82, 2.24) is 14.2 Å². The van der Waals surface area contributed by atoms with Crippen molar-refractivity contribution in [2.24, 2.45) is 0 Å². The van der Waals surface area contributed by atoms with Gasteiger partial charge in [0.05, 0.1) is 11.8 Å². The first-order chi connectivity index (χ1) is 8.38. The van der Waals surface area contributed by atoms with Gasteiger partial charge in [0.1, 0.15) is 12.2 Å². The van der Waals surface area contributed by atoms with E-state index in [1.807, 2.05) is 53.4 Å². The van der Waals surface area contributed by atoms with Crippen LogP contribution in [-0.2, 0) is 6.54 Å². The number of benzene rings is 1. The molecule has 0 atom stereocenters. The molecule has 0 radical (unpaired) electrons. The fourth-order valence-corrected chi connectivity index (χ4v) is 1.89. The Labute approximate surface area is 98.3 Å². The molecule has 2 aromatic heterocycles. The van der Waals surface area contributed by atoms with Crippen LogP contribution < -0.4 is 0 Å². The molecule has 4 nitrogen and oxygen atoms in total. The van der Waals surface area contributed by atoms with Gasteiger partial charge in [0.15, 0.2) is 0 Å². The van der Waals surface area contributed by atoms with E-state index >= 15 is 0 Å². The Hall–Kier alpha value is -2.54. The highest BCUT2D eigenvalue weighted by Gasteiger charge is 2.07. The van der Waals surface area contributed by atoms with Gasteiger partial charge in [-0.25, -0.2) is 4.52 Å². The summed E-state index contributed by atoms with van der Waals surface area (Å²) in [6.45, 7) is 0.344. The van der Waals surface area contributed by atoms with Gasteiger partial charge in [0, 0.05) is 24.0 Å². The average Bonchev–Trinajstić information content (AvgIpc) is 2.93. The standard InChI is InChI=1S/C13H10N4/c14-6-7-16-8-9-17-13(16)10-12(15-17)11-4-2-1-3-5-11/h1-5,8-10H,7H2. The molecule has 0 fully saturated rings. The van der Waals surface area contributed by atoms with E-state index in [4.69, 9.17) is 5.26 Å². The predicted molar refractivity (Wildman–Crippen MR) is 64.2 cm³/mol. The average molecular weight is 222 g/mol. The van der Waals surface area contributed by atoms with E-state index in [2.05, 4.69) is 11.2 Å².